The van der Waals surface area contributed by atoms with Gasteiger partial charge in [0.25, 0.3) is 5.91 Å². The van der Waals surface area contributed by atoms with Crippen LogP contribution >= 0.6 is 0 Å². The van der Waals surface area contributed by atoms with Gasteiger partial charge in [0.2, 0.25) is 5.91 Å². The topological polar surface area (TPSA) is 61.4 Å². The number of carbonyl (C=O) groups excluding carboxylic acids is 2. The van der Waals surface area contributed by atoms with Crippen molar-refractivity contribution in [2.45, 2.75) is 40.0 Å². The lowest BCUT2D eigenvalue weighted by molar-refractivity contribution is -0.117. The molecule has 138 valence electrons. The van der Waals surface area contributed by atoms with E-state index in [4.69, 9.17) is 0 Å². The summed E-state index contributed by atoms with van der Waals surface area (Å²) >= 11 is 0. The van der Waals surface area contributed by atoms with Gasteiger partial charge in [-0.05, 0) is 69.8 Å². The van der Waals surface area contributed by atoms with Gasteiger partial charge in [-0.15, -0.1) is 0 Å². The second-order valence-corrected chi connectivity index (χ2v) is 6.88. The van der Waals surface area contributed by atoms with Crippen molar-refractivity contribution < 1.29 is 9.59 Å². The van der Waals surface area contributed by atoms with Crippen LogP contribution < -0.4 is 10.6 Å². The molecule has 0 aliphatic carbocycles. The summed E-state index contributed by atoms with van der Waals surface area (Å²) in [6, 6.07) is 7.23. The van der Waals surface area contributed by atoms with Gasteiger partial charge in [0, 0.05) is 30.8 Å². The Morgan fingerprint density at radius 2 is 1.92 bits per heavy atom. The largest absolute Gasteiger partial charge is 0.339 e. The number of hydrogen-bond acceptors (Lipinski definition) is 3. The van der Waals surface area contributed by atoms with E-state index in [0.29, 0.717) is 42.6 Å². The zero-order chi connectivity index (χ0) is 18.2. The molecule has 2 N–H and O–H groups in total. The first-order valence-corrected chi connectivity index (χ1v) is 9.45. The van der Waals surface area contributed by atoms with Crippen LogP contribution in [0.1, 0.15) is 50.4 Å². The summed E-state index contributed by atoms with van der Waals surface area (Å²) in [6.45, 7) is 9.55. The summed E-state index contributed by atoms with van der Waals surface area (Å²) in [6.07, 6.45) is 2.81. The minimum absolute atomic E-state index is 0.00386. The van der Waals surface area contributed by atoms with Gasteiger partial charge in [-0.3, -0.25) is 9.59 Å². The van der Waals surface area contributed by atoms with Crippen LogP contribution in [-0.2, 0) is 4.79 Å². The predicted molar refractivity (Wildman–Crippen MR) is 102 cm³/mol. The van der Waals surface area contributed by atoms with E-state index >= 15 is 0 Å². The molecule has 1 aromatic carbocycles. The van der Waals surface area contributed by atoms with Crippen LogP contribution in [0, 0.1) is 11.8 Å². The lowest BCUT2D eigenvalue weighted by Crippen LogP contribution is -2.32. The van der Waals surface area contributed by atoms with E-state index in [1.807, 2.05) is 26.0 Å². The van der Waals surface area contributed by atoms with Crippen LogP contribution in [0.4, 0.5) is 5.69 Å². The number of anilines is 1. The number of rotatable bonds is 7. The molecule has 25 heavy (non-hydrogen) atoms. The number of amides is 2. The first-order chi connectivity index (χ1) is 12.0. The summed E-state index contributed by atoms with van der Waals surface area (Å²) in [5, 5.41) is 6.32. The van der Waals surface area contributed by atoms with Crippen LogP contribution in [0.5, 0.6) is 0 Å². The van der Waals surface area contributed by atoms with Crippen molar-refractivity contribution in [2.75, 3.05) is 31.5 Å². The Balaban J connectivity index is 1.94. The molecule has 1 aromatic rings. The molecule has 1 saturated heterocycles. The normalized spacial score (nSPS) is 16.3. The molecule has 2 amide bonds. The molecule has 1 aliphatic rings. The highest BCUT2D eigenvalue weighted by atomic mass is 16.2. The van der Waals surface area contributed by atoms with Gasteiger partial charge in [-0.2, -0.15) is 0 Å². The summed E-state index contributed by atoms with van der Waals surface area (Å²) in [5.74, 6) is 1.02. The lowest BCUT2D eigenvalue weighted by atomic mass is 9.84. The van der Waals surface area contributed by atoms with E-state index in [1.165, 1.54) is 0 Å². The third-order valence-corrected chi connectivity index (χ3v) is 5.14. The third-order valence-electron chi connectivity index (χ3n) is 5.14. The fourth-order valence-electron chi connectivity index (χ4n) is 3.51. The Morgan fingerprint density at radius 3 is 2.56 bits per heavy atom. The van der Waals surface area contributed by atoms with Gasteiger partial charge in [-0.25, -0.2) is 0 Å². The number of nitrogens with zero attached hydrogens (tertiary/aromatic N) is 1. The van der Waals surface area contributed by atoms with Gasteiger partial charge >= 0.3 is 0 Å². The van der Waals surface area contributed by atoms with Crippen molar-refractivity contribution in [3.63, 3.8) is 0 Å². The Kier molecular flexibility index (Phi) is 7.44. The fraction of sp³-hybridized carbons (Fsp3) is 0.600. The maximum absolute atomic E-state index is 12.4. The molecule has 0 spiro atoms. The third kappa shape index (κ3) is 5.56. The van der Waals surface area contributed by atoms with Crippen LogP contribution in [-0.4, -0.2) is 42.9 Å². The SMILES string of the molecule is CCN(CC)C(=O)c1cccc(NC(=O)CC(C)C2CCNCC2)c1. The zero-order valence-corrected chi connectivity index (χ0v) is 15.7. The Bertz CT molecular complexity index is 578. The van der Waals surface area contributed by atoms with E-state index in [2.05, 4.69) is 17.6 Å². The fourth-order valence-corrected chi connectivity index (χ4v) is 3.51. The summed E-state index contributed by atoms with van der Waals surface area (Å²) < 4.78 is 0. The van der Waals surface area contributed by atoms with Gasteiger partial charge in [0.1, 0.15) is 0 Å². The highest BCUT2D eigenvalue weighted by molar-refractivity contribution is 5.97. The van der Waals surface area contributed by atoms with Gasteiger partial charge in [0.15, 0.2) is 0 Å². The summed E-state index contributed by atoms with van der Waals surface area (Å²) in [7, 11) is 0. The molecule has 0 aromatic heterocycles. The monoisotopic (exact) mass is 345 g/mol. The number of benzene rings is 1. The second kappa shape index (κ2) is 9.56. The molecule has 2 rings (SSSR count). The van der Waals surface area contributed by atoms with E-state index < -0.39 is 0 Å². The standard InChI is InChI=1S/C20H31N3O2/c1-4-23(5-2)20(25)17-7-6-8-18(14-17)22-19(24)13-15(3)16-9-11-21-12-10-16/h6-8,14-16,21H,4-5,9-13H2,1-3H3,(H,22,24). The highest BCUT2D eigenvalue weighted by Crippen LogP contribution is 2.24. The molecular formula is C20H31N3O2. The van der Waals surface area contributed by atoms with Gasteiger partial charge in [0.05, 0.1) is 0 Å². The Hall–Kier alpha value is -1.88. The van der Waals surface area contributed by atoms with Crippen molar-refractivity contribution >= 4 is 17.5 Å². The first kappa shape index (κ1) is 19.4. The molecule has 5 heteroatoms. The highest BCUT2D eigenvalue weighted by Gasteiger charge is 2.22. The minimum Gasteiger partial charge on any atom is -0.339 e. The van der Waals surface area contributed by atoms with E-state index in [0.717, 1.165) is 25.9 Å². The van der Waals surface area contributed by atoms with Crippen LogP contribution in [0.15, 0.2) is 24.3 Å². The van der Waals surface area contributed by atoms with Crippen LogP contribution in [0.3, 0.4) is 0 Å². The Labute approximate surface area is 151 Å². The number of carbonyl (C=O) groups is 2. The molecule has 0 saturated carbocycles. The van der Waals surface area contributed by atoms with Crippen molar-refractivity contribution in [3.05, 3.63) is 29.8 Å². The number of nitrogens with one attached hydrogen (secondary N) is 2. The second-order valence-electron chi connectivity index (χ2n) is 6.88. The smallest absolute Gasteiger partial charge is 0.253 e. The molecule has 1 unspecified atom stereocenters. The summed E-state index contributed by atoms with van der Waals surface area (Å²) in [5.41, 5.74) is 1.31. The number of hydrogen-bond donors (Lipinski definition) is 2. The molecule has 1 fully saturated rings. The van der Waals surface area contributed by atoms with Gasteiger partial charge in [-0.1, -0.05) is 13.0 Å². The molecule has 0 radical (unpaired) electrons. The molecular weight excluding hydrogens is 314 g/mol. The number of piperidine rings is 1. The van der Waals surface area contributed by atoms with E-state index in [-0.39, 0.29) is 11.8 Å². The summed E-state index contributed by atoms with van der Waals surface area (Å²) in [4.78, 5) is 26.6. The van der Waals surface area contributed by atoms with Crippen molar-refractivity contribution in [3.8, 4) is 0 Å². The average molecular weight is 345 g/mol. The first-order valence-electron chi connectivity index (χ1n) is 9.45. The van der Waals surface area contributed by atoms with Crippen molar-refractivity contribution in [1.82, 2.24) is 10.2 Å². The quantitative estimate of drug-likeness (QED) is 0.798. The van der Waals surface area contributed by atoms with Crippen LogP contribution in [0.25, 0.3) is 0 Å². The van der Waals surface area contributed by atoms with Gasteiger partial charge < -0.3 is 15.5 Å². The zero-order valence-electron chi connectivity index (χ0n) is 15.7. The minimum atomic E-state index is 0.00386. The average Bonchev–Trinajstić information content (AvgIpc) is 2.63. The molecule has 1 heterocycles. The van der Waals surface area contributed by atoms with E-state index in [9.17, 15) is 9.59 Å². The van der Waals surface area contributed by atoms with E-state index in [1.54, 1.807) is 17.0 Å². The lowest BCUT2D eigenvalue weighted by Gasteiger charge is -2.27. The maximum Gasteiger partial charge on any atom is 0.253 e. The maximum atomic E-state index is 12.4. The molecule has 5 nitrogen and oxygen atoms in total. The van der Waals surface area contributed by atoms with Crippen molar-refractivity contribution in [1.29, 1.82) is 0 Å². The molecule has 1 aliphatic heterocycles. The molecule has 1 atom stereocenters. The molecule has 0 bridgehead atoms. The Morgan fingerprint density at radius 1 is 1.24 bits per heavy atom. The van der Waals surface area contributed by atoms with Crippen LogP contribution in [0.2, 0.25) is 0 Å². The predicted octanol–water partition coefficient (Wildman–Crippen LogP) is 3.13. The van der Waals surface area contributed by atoms with Crippen molar-refractivity contribution in [2.24, 2.45) is 11.8 Å².